The molecule has 0 saturated heterocycles. The predicted octanol–water partition coefficient (Wildman–Crippen LogP) is 6.33. The molecule has 0 bridgehead atoms. The third kappa shape index (κ3) is 4.29. The van der Waals surface area contributed by atoms with Gasteiger partial charge in [0.1, 0.15) is 5.75 Å². The zero-order chi connectivity index (χ0) is 25.2. The minimum absolute atomic E-state index is 0.122. The molecular formula is C29H26ClN3O3. The van der Waals surface area contributed by atoms with E-state index in [2.05, 4.69) is 4.98 Å². The Balaban J connectivity index is 1.73. The summed E-state index contributed by atoms with van der Waals surface area (Å²) in [6.45, 7) is 4.23. The Morgan fingerprint density at radius 2 is 1.81 bits per heavy atom. The Kier molecular flexibility index (Phi) is 6.61. The van der Waals surface area contributed by atoms with Crippen molar-refractivity contribution in [1.29, 1.82) is 0 Å². The summed E-state index contributed by atoms with van der Waals surface area (Å²) in [6, 6.07) is 22.4. The lowest BCUT2D eigenvalue weighted by Crippen LogP contribution is -2.26. The van der Waals surface area contributed by atoms with Crippen LogP contribution in [-0.4, -0.2) is 28.2 Å². The molecule has 1 amide bonds. The number of hydrogen-bond acceptors (Lipinski definition) is 4. The Labute approximate surface area is 214 Å². The number of H-pyrrole nitrogens is 1. The number of aromatic amines is 1. The average Bonchev–Trinajstić information content (AvgIpc) is 3.33. The largest absolute Gasteiger partial charge is 0.494 e. The van der Waals surface area contributed by atoms with Crippen LogP contribution in [-0.2, 0) is 4.79 Å². The van der Waals surface area contributed by atoms with Crippen LogP contribution in [0.1, 0.15) is 43.9 Å². The van der Waals surface area contributed by atoms with Crippen molar-refractivity contribution in [2.75, 3.05) is 6.61 Å². The van der Waals surface area contributed by atoms with E-state index in [1.165, 1.54) is 5.01 Å². The molecule has 1 unspecified atom stereocenters. The average molecular weight is 500 g/mol. The summed E-state index contributed by atoms with van der Waals surface area (Å²) < 4.78 is 5.87. The zero-order valence-electron chi connectivity index (χ0n) is 20.1. The number of para-hydroxylation sites is 1. The van der Waals surface area contributed by atoms with Crippen LogP contribution in [0, 0.1) is 0 Å². The fourth-order valence-electron chi connectivity index (χ4n) is 4.78. The van der Waals surface area contributed by atoms with Crippen molar-refractivity contribution >= 4 is 34.1 Å². The van der Waals surface area contributed by atoms with Gasteiger partial charge in [-0.15, -0.1) is 0 Å². The SMILES string of the molecule is CCOc1ccccc1C1CC(c2c(-c3ccccc3)c3cc(Cl)ccc3[nH]c2=O)=NN1C(=O)CC. The number of halogens is 1. The van der Waals surface area contributed by atoms with E-state index < -0.39 is 0 Å². The van der Waals surface area contributed by atoms with Gasteiger partial charge in [0.25, 0.3) is 5.56 Å². The number of carbonyl (C=O) groups excluding carboxylic acids is 1. The molecule has 1 atom stereocenters. The molecule has 7 heteroatoms. The van der Waals surface area contributed by atoms with Gasteiger partial charge < -0.3 is 9.72 Å². The maximum Gasteiger partial charge on any atom is 0.258 e. The normalized spacial score (nSPS) is 15.2. The van der Waals surface area contributed by atoms with Crippen LogP contribution in [0.3, 0.4) is 0 Å². The van der Waals surface area contributed by atoms with Gasteiger partial charge in [-0.3, -0.25) is 9.59 Å². The minimum Gasteiger partial charge on any atom is -0.494 e. The molecule has 0 radical (unpaired) electrons. The smallest absolute Gasteiger partial charge is 0.258 e. The number of rotatable bonds is 6. The van der Waals surface area contributed by atoms with Crippen molar-refractivity contribution in [3.8, 4) is 16.9 Å². The number of aromatic nitrogens is 1. The molecule has 182 valence electrons. The molecule has 4 aromatic rings. The summed E-state index contributed by atoms with van der Waals surface area (Å²) >= 11 is 6.37. The van der Waals surface area contributed by atoms with E-state index in [9.17, 15) is 9.59 Å². The zero-order valence-corrected chi connectivity index (χ0v) is 20.9. The van der Waals surface area contributed by atoms with Crippen molar-refractivity contribution in [2.45, 2.75) is 32.7 Å². The van der Waals surface area contributed by atoms with E-state index >= 15 is 0 Å². The monoisotopic (exact) mass is 499 g/mol. The number of nitrogens with one attached hydrogen (secondary N) is 1. The van der Waals surface area contributed by atoms with Crippen molar-refractivity contribution in [3.05, 3.63) is 99.3 Å². The highest BCUT2D eigenvalue weighted by Crippen LogP contribution is 2.40. The van der Waals surface area contributed by atoms with Crippen LogP contribution >= 0.6 is 11.6 Å². The van der Waals surface area contributed by atoms with Crippen LogP contribution in [0.25, 0.3) is 22.0 Å². The Morgan fingerprint density at radius 1 is 1.06 bits per heavy atom. The van der Waals surface area contributed by atoms with Crippen LogP contribution in [0.15, 0.2) is 82.7 Å². The van der Waals surface area contributed by atoms with Gasteiger partial charge in [0.05, 0.1) is 23.9 Å². The molecule has 6 nitrogen and oxygen atoms in total. The lowest BCUT2D eigenvalue weighted by atomic mass is 9.91. The Morgan fingerprint density at radius 3 is 2.56 bits per heavy atom. The first-order chi connectivity index (χ1) is 17.5. The number of nitrogens with zero attached hydrogens (tertiary/aromatic N) is 2. The van der Waals surface area contributed by atoms with Crippen molar-refractivity contribution < 1.29 is 9.53 Å². The number of carbonyl (C=O) groups is 1. The summed E-state index contributed by atoms with van der Waals surface area (Å²) in [7, 11) is 0. The molecule has 0 spiro atoms. The van der Waals surface area contributed by atoms with E-state index in [1.54, 1.807) is 12.1 Å². The second-order valence-corrected chi connectivity index (χ2v) is 9.03. The third-order valence-electron chi connectivity index (χ3n) is 6.37. The molecule has 0 aliphatic carbocycles. The molecule has 0 fully saturated rings. The van der Waals surface area contributed by atoms with Crippen LogP contribution in [0.2, 0.25) is 5.02 Å². The van der Waals surface area contributed by atoms with Gasteiger partial charge in [0, 0.05) is 39.9 Å². The second-order valence-electron chi connectivity index (χ2n) is 8.59. The minimum atomic E-state index is -0.381. The van der Waals surface area contributed by atoms with E-state index in [0.29, 0.717) is 47.0 Å². The van der Waals surface area contributed by atoms with Gasteiger partial charge in [-0.1, -0.05) is 67.1 Å². The molecule has 1 aliphatic heterocycles. The van der Waals surface area contributed by atoms with Crippen LogP contribution in [0.4, 0.5) is 0 Å². The van der Waals surface area contributed by atoms with Gasteiger partial charge in [-0.05, 0) is 36.8 Å². The first-order valence-corrected chi connectivity index (χ1v) is 12.4. The molecule has 0 saturated carbocycles. The number of amides is 1. The highest BCUT2D eigenvalue weighted by Gasteiger charge is 2.36. The quantitative estimate of drug-likeness (QED) is 0.336. The van der Waals surface area contributed by atoms with Gasteiger partial charge in [0.15, 0.2) is 0 Å². The molecule has 36 heavy (non-hydrogen) atoms. The molecule has 1 aromatic heterocycles. The third-order valence-corrected chi connectivity index (χ3v) is 6.61. The van der Waals surface area contributed by atoms with E-state index in [-0.39, 0.29) is 17.5 Å². The summed E-state index contributed by atoms with van der Waals surface area (Å²) in [4.78, 5) is 29.6. The van der Waals surface area contributed by atoms with Gasteiger partial charge in [-0.2, -0.15) is 5.10 Å². The van der Waals surface area contributed by atoms with Gasteiger partial charge >= 0.3 is 0 Å². The molecular weight excluding hydrogens is 474 g/mol. The Hall–Kier alpha value is -3.90. The van der Waals surface area contributed by atoms with Crippen molar-refractivity contribution in [1.82, 2.24) is 9.99 Å². The van der Waals surface area contributed by atoms with Gasteiger partial charge in [0.2, 0.25) is 5.91 Å². The number of pyridine rings is 1. The molecule has 2 heterocycles. The number of benzene rings is 3. The van der Waals surface area contributed by atoms with E-state index in [0.717, 1.165) is 22.1 Å². The van der Waals surface area contributed by atoms with Crippen molar-refractivity contribution in [3.63, 3.8) is 0 Å². The van der Waals surface area contributed by atoms with Crippen molar-refractivity contribution in [2.24, 2.45) is 5.10 Å². The number of ether oxygens (including phenoxy) is 1. The van der Waals surface area contributed by atoms with Gasteiger partial charge in [-0.25, -0.2) is 5.01 Å². The highest BCUT2D eigenvalue weighted by atomic mass is 35.5. The fraction of sp³-hybridized carbons (Fsp3) is 0.207. The first-order valence-electron chi connectivity index (χ1n) is 12.0. The first kappa shape index (κ1) is 23.8. The maximum atomic E-state index is 13.6. The summed E-state index contributed by atoms with van der Waals surface area (Å²) in [5, 5.41) is 7.64. The second kappa shape index (κ2) is 9.99. The summed E-state index contributed by atoms with van der Waals surface area (Å²) in [5.41, 5.74) is 3.91. The number of hydrazone groups is 1. The molecule has 1 aliphatic rings. The number of hydrogen-bond donors (Lipinski definition) is 1. The molecule has 3 aromatic carbocycles. The topological polar surface area (TPSA) is 74.8 Å². The van der Waals surface area contributed by atoms with E-state index in [4.69, 9.17) is 21.4 Å². The molecule has 1 N–H and O–H groups in total. The number of fused-ring (bicyclic) bond motifs is 1. The standard InChI is InChI=1S/C29H26ClN3O3/c1-3-26(34)33-24(20-12-8-9-13-25(20)36-4-2)17-23(32-33)28-27(18-10-6-5-7-11-18)21-16-19(30)14-15-22(21)31-29(28)35/h5-16,24H,3-4,17H2,1-2H3,(H,31,35). The lowest BCUT2D eigenvalue weighted by molar-refractivity contribution is -0.132. The summed E-state index contributed by atoms with van der Waals surface area (Å²) in [5.74, 6) is 0.584. The Bertz CT molecular complexity index is 1530. The van der Waals surface area contributed by atoms with E-state index in [1.807, 2.05) is 74.5 Å². The highest BCUT2D eigenvalue weighted by molar-refractivity contribution is 6.31. The molecule has 5 rings (SSSR count). The van der Waals surface area contributed by atoms with Crippen LogP contribution in [0.5, 0.6) is 5.75 Å². The summed E-state index contributed by atoms with van der Waals surface area (Å²) in [6.07, 6.45) is 0.671. The fourth-order valence-corrected chi connectivity index (χ4v) is 4.96. The maximum absolute atomic E-state index is 13.6. The lowest BCUT2D eigenvalue weighted by Gasteiger charge is -2.23. The van der Waals surface area contributed by atoms with Crippen LogP contribution < -0.4 is 10.3 Å². The predicted molar refractivity (Wildman–Crippen MR) is 144 cm³/mol.